The first-order chi connectivity index (χ1) is 12.6. The van der Waals surface area contributed by atoms with Crippen molar-refractivity contribution in [3.63, 3.8) is 0 Å². The predicted octanol–water partition coefficient (Wildman–Crippen LogP) is 3.05. The Kier molecular flexibility index (Phi) is 4.04. The van der Waals surface area contributed by atoms with Crippen LogP contribution in [0.2, 0.25) is 0 Å². The standard InChI is InChI=1S/C19H18N4O3/c1-12(10-20-13(2)24)25-19-8-7-18-21-11-15(23(18)22-19)17-9-14-5-3-4-6-16(14)26-17/h3-9,11-12H,10H2,1-2H3,(H,20,24)/t12-/m1/s1. The maximum absolute atomic E-state index is 11.0. The highest BCUT2D eigenvalue weighted by Crippen LogP contribution is 2.28. The molecule has 7 heteroatoms. The van der Waals surface area contributed by atoms with Gasteiger partial charge in [0.15, 0.2) is 11.4 Å². The first-order valence-corrected chi connectivity index (χ1v) is 8.35. The molecule has 0 aliphatic rings. The van der Waals surface area contributed by atoms with Crippen LogP contribution in [-0.4, -0.2) is 33.2 Å². The molecule has 0 aliphatic heterocycles. The molecule has 0 bridgehead atoms. The molecule has 3 heterocycles. The van der Waals surface area contributed by atoms with Gasteiger partial charge in [0.1, 0.15) is 17.4 Å². The Morgan fingerprint density at radius 3 is 2.96 bits per heavy atom. The number of hydrogen-bond donors (Lipinski definition) is 1. The van der Waals surface area contributed by atoms with E-state index in [0.717, 1.165) is 16.7 Å². The number of imidazole rings is 1. The van der Waals surface area contributed by atoms with Crippen LogP contribution in [0.5, 0.6) is 5.88 Å². The molecule has 1 N–H and O–H groups in total. The Bertz CT molecular complexity index is 1050. The second-order valence-corrected chi connectivity index (χ2v) is 6.10. The third-order valence-electron chi connectivity index (χ3n) is 3.98. The molecule has 0 saturated heterocycles. The SMILES string of the molecule is CC(=O)NC[C@@H](C)Oc1ccc2ncc(-c3cc4ccccc4o3)n2n1. The maximum atomic E-state index is 11.0. The van der Waals surface area contributed by atoms with Crippen LogP contribution >= 0.6 is 0 Å². The number of furan rings is 1. The third kappa shape index (κ3) is 3.11. The minimum atomic E-state index is -0.206. The monoisotopic (exact) mass is 350 g/mol. The number of nitrogens with one attached hydrogen (secondary N) is 1. The van der Waals surface area contributed by atoms with E-state index in [2.05, 4.69) is 15.4 Å². The number of hydrogen-bond acceptors (Lipinski definition) is 5. The zero-order chi connectivity index (χ0) is 18.1. The van der Waals surface area contributed by atoms with E-state index in [1.54, 1.807) is 16.8 Å². The molecule has 0 aliphatic carbocycles. The Labute approximate surface area is 149 Å². The van der Waals surface area contributed by atoms with E-state index in [1.165, 1.54) is 6.92 Å². The third-order valence-corrected chi connectivity index (χ3v) is 3.98. The molecule has 3 aromatic heterocycles. The molecule has 26 heavy (non-hydrogen) atoms. The fourth-order valence-corrected chi connectivity index (χ4v) is 2.73. The lowest BCUT2D eigenvalue weighted by atomic mass is 10.2. The summed E-state index contributed by atoms with van der Waals surface area (Å²) in [5.41, 5.74) is 2.26. The van der Waals surface area contributed by atoms with Crippen molar-refractivity contribution in [2.24, 2.45) is 0 Å². The number of para-hydroxylation sites is 1. The molecular formula is C19H18N4O3. The Hall–Kier alpha value is -3.35. The fraction of sp³-hybridized carbons (Fsp3) is 0.211. The van der Waals surface area contributed by atoms with Crippen LogP contribution in [0, 0.1) is 0 Å². The van der Waals surface area contributed by atoms with Gasteiger partial charge in [-0.2, -0.15) is 0 Å². The van der Waals surface area contributed by atoms with Crippen molar-refractivity contribution in [2.45, 2.75) is 20.0 Å². The largest absolute Gasteiger partial charge is 0.472 e. The fourth-order valence-electron chi connectivity index (χ4n) is 2.73. The van der Waals surface area contributed by atoms with Crippen LogP contribution in [0.15, 0.2) is 53.1 Å². The molecule has 1 aromatic carbocycles. The topological polar surface area (TPSA) is 81.7 Å². The van der Waals surface area contributed by atoms with Gasteiger partial charge in [-0.1, -0.05) is 18.2 Å². The molecule has 0 radical (unpaired) electrons. The Balaban J connectivity index is 1.65. The summed E-state index contributed by atoms with van der Waals surface area (Å²) >= 11 is 0. The summed E-state index contributed by atoms with van der Waals surface area (Å²) in [6.07, 6.45) is 1.52. The van der Waals surface area contributed by atoms with E-state index < -0.39 is 0 Å². The molecular weight excluding hydrogens is 332 g/mol. The van der Waals surface area contributed by atoms with E-state index in [0.29, 0.717) is 23.8 Å². The van der Waals surface area contributed by atoms with Gasteiger partial charge in [0, 0.05) is 18.4 Å². The van der Waals surface area contributed by atoms with Gasteiger partial charge in [0.05, 0.1) is 12.7 Å². The first kappa shape index (κ1) is 16.1. The second-order valence-electron chi connectivity index (χ2n) is 6.10. The molecule has 4 aromatic rings. The highest BCUT2D eigenvalue weighted by molar-refractivity contribution is 5.82. The predicted molar refractivity (Wildman–Crippen MR) is 97.0 cm³/mol. The first-order valence-electron chi connectivity index (χ1n) is 8.35. The quantitative estimate of drug-likeness (QED) is 0.598. The van der Waals surface area contributed by atoms with E-state index in [1.807, 2.05) is 43.3 Å². The molecule has 132 valence electrons. The lowest BCUT2D eigenvalue weighted by molar-refractivity contribution is -0.119. The number of ether oxygens (including phenoxy) is 1. The molecule has 1 atom stereocenters. The molecule has 0 saturated carbocycles. The van der Waals surface area contributed by atoms with Crippen LogP contribution in [0.25, 0.3) is 28.1 Å². The highest BCUT2D eigenvalue weighted by atomic mass is 16.5. The van der Waals surface area contributed by atoms with E-state index in [9.17, 15) is 4.79 Å². The number of amides is 1. The van der Waals surface area contributed by atoms with Gasteiger partial charge in [-0.05, 0) is 25.1 Å². The summed E-state index contributed by atoms with van der Waals surface area (Å²) in [4.78, 5) is 15.4. The second kappa shape index (κ2) is 6.51. The van der Waals surface area contributed by atoms with Gasteiger partial charge in [-0.25, -0.2) is 9.50 Å². The zero-order valence-electron chi connectivity index (χ0n) is 14.5. The molecule has 0 spiro atoms. The van der Waals surface area contributed by atoms with Gasteiger partial charge in [0.2, 0.25) is 11.8 Å². The smallest absolute Gasteiger partial charge is 0.232 e. The Morgan fingerprint density at radius 1 is 1.31 bits per heavy atom. The lowest BCUT2D eigenvalue weighted by Gasteiger charge is -2.14. The minimum Gasteiger partial charge on any atom is -0.472 e. The van der Waals surface area contributed by atoms with Crippen LogP contribution in [0.3, 0.4) is 0 Å². The van der Waals surface area contributed by atoms with Crippen molar-refractivity contribution in [3.05, 3.63) is 48.7 Å². The molecule has 0 unspecified atom stereocenters. The summed E-state index contributed by atoms with van der Waals surface area (Å²) in [6.45, 7) is 3.76. The van der Waals surface area contributed by atoms with Gasteiger partial charge in [-0.3, -0.25) is 4.79 Å². The molecule has 4 rings (SSSR count). The summed E-state index contributed by atoms with van der Waals surface area (Å²) < 4.78 is 13.4. The normalized spacial score (nSPS) is 12.4. The van der Waals surface area contributed by atoms with E-state index in [-0.39, 0.29) is 12.0 Å². The van der Waals surface area contributed by atoms with Crippen molar-refractivity contribution in [2.75, 3.05) is 6.54 Å². The van der Waals surface area contributed by atoms with E-state index >= 15 is 0 Å². The molecule has 1 amide bonds. The zero-order valence-corrected chi connectivity index (χ0v) is 14.5. The van der Waals surface area contributed by atoms with Crippen LogP contribution in [0.4, 0.5) is 0 Å². The summed E-state index contributed by atoms with van der Waals surface area (Å²) in [5, 5.41) is 8.25. The Morgan fingerprint density at radius 2 is 2.15 bits per heavy atom. The van der Waals surface area contributed by atoms with Crippen LogP contribution in [-0.2, 0) is 4.79 Å². The number of carbonyl (C=O) groups is 1. The van der Waals surface area contributed by atoms with Crippen LogP contribution in [0.1, 0.15) is 13.8 Å². The van der Waals surface area contributed by atoms with Gasteiger partial charge in [0.25, 0.3) is 0 Å². The number of benzene rings is 1. The van der Waals surface area contributed by atoms with E-state index in [4.69, 9.17) is 9.15 Å². The number of carbonyl (C=O) groups excluding carboxylic acids is 1. The average molecular weight is 350 g/mol. The molecule has 7 nitrogen and oxygen atoms in total. The van der Waals surface area contributed by atoms with Crippen molar-refractivity contribution in [1.82, 2.24) is 19.9 Å². The van der Waals surface area contributed by atoms with Gasteiger partial charge >= 0.3 is 0 Å². The average Bonchev–Trinajstić information content (AvgIpc) is 3.23. The number of rotatable bonds is 5. The van der Waals surface area contributed by atoms with Crippen molar-refractivity contribution >= 4 is 22.5 Å². The van der Waals surface area contributed by atoms with Crippen molar-refractivity contribution in [1.29, 1.82) is 0 Å². The summed E-state index contributed by atoms with van der Waals surface area (Å²) in [6, 6.07) is 13.4. The van der Waals surface area contributed by atoms with Crippen molar-refractivity contribution < 1.29 is 13.9 Å². The van der Waals surface area contributed by atoms with Gasteiger partial charge < -0.3 is 14.5 Å². The lowest BCUT2D eigenvalue weighted by Crippen LogP contribution is -2.32. The number of aromatic nitrogens is 3. The highest BCUT2D eigenvalue weighted by Gasteiger charge is 2.14. The van der Waals surface area contributed by atoms with Gasteiger partial charge in [-0.15, -0.1) is 5.10 Å². The molecule has 0 fully saturated rings. The summed E-state index contributed by atoms with van der Waals surface area (Å²) in [5.74, 6) is 1.05. The minimum absolute atomic E-state index is 0.0920. The maximum Gasteiger partial charge on any atom is 0.232 e. The number of fused-ring (bicyclic) bond motifs is 2. The van der Waals surface area contributed by atoms with Crippen molar-refractivity contribution in [3.8, 4) is 17.3 Å². The summed E-state index contributed by atoms with van der Waals surface area (Å²) in [7, 11) is 0. The van der Waals surface area contributed by atoms with Crippen LogP contribution < -0.4 is 10.1 Å². The number of nitrogens with zero attached hydrogens (tertiary/aromatic N) is 3.